The number of halogens is 2. The number of pyridine rings is 1. The number of benzene rings is 1. The van der Waals surface area contributed by atoms with E-state index >= 15 is 4.39 Å². The molecule has 0 bridgehead atoms. The second-order valence-electron chi connectivity index (χ2n) is 7.88. The number of fused-ring (bicyclic) bond motifs is 1. The summed E-state index contributed by atoms with van der Waals surface area (Å²) < 4.78 is 29.5. The summed E-state index contributed by atoms with van der Waals surface area (Å²) in [4.78, 5) is 33.9. The Morgan fingerprint density at radius 2 is 2.03 bits per heavy atom. The molecule has 0 saturated carbocycles. The van der Waals surface area contributed by atoms with Crippen LogP contribution < -0.4 is 5.32 Å². The van der Waals surface area contributed by atoms with Crippen LogP contribution >= 0.6 is 0 Å². The molecule has 1 N–H and O–H groups in total. The van der Waals surface area contributed by atoms with Crippen molar-refractivity contribution in [2.45, 2.75) is 32.7 Å². The Bertz CT molecular complexity index is 1160. The number of amides is 1. The maximum Gasteiger partial charge on any atom is 0.269 e. The zero-order chi connectivity index (χ0) is 22.8. The van der Waals surface area contributed by atoms with Crippen LogP contribution in [0.1, 0.15) is 46.9 Å². The molecule has 0 radical (unpaired) electrons. The summed E-state index contributed by atoms with van der Waals surface area (Å²) in [5.41, 5.74) is 3.13. The third-order valence-corrected chi connectivity index (χ3v) is 5.89. The summed E-state index contributed by atoms with van der Waals surface area (Å²) in [6.45, 7) is 3.40. The lowest BCUT2D eigenvalue weighted by Gasteiger charge is -2.27. The molecule has 0 atom stereocenters. The number of Topliss-reactive ketones (excluding diaryl/α,β-unsaturated/α-hetero) is 1. The van der Waals surface area contributed by atoms with Gasteiger partial charge in [-0.15, -0.1) is 0 Å². The Hall–Kier alpha value is -3.26. The van der Waals surface area contributed by atoms with Crippen LogP contribution in [0.5, 0.6) is 0 Å². The topological polar surface area (TPSA) is 74.7 Å². The minimum Gasteiger partial charge on any atom is -0.354 e. The average Bonchev–Trinajstić information content (AvgIpc) is 2.81. The van der Waals surface area contributed by atoms with Gasteiger partial charge in [-0.25, -0.2) is 14.4 Å². The third-order valence-electron chi connectivity index (χ3n) is 5.89. The maximum absolute atomic E-state index is 15.1. The fraction of sp³-hybridized carbons (Fsp3) is 0.333. The Balaban J connectivity index is 1.48. The summed E-state index contributed by atoms with van der Waals surface area (Å²) in [7, 11) is 1.47. The van der Waals surface area contributed by atoms with Crippen molar-refractivity contribution in [1.29, 1.82) is 0 Å². The zero-order valence-electron chi connectivity index (χ0n) is 18.0. The minimum atomic E-state index is -0.678. The van der Waals surface area contributed by atoms with Crippen molar-refractivity contribution in [3.8, 4) is 0 Å². The van der Waals surface area contributed by atoms with Crippen molar-refractivity contribution in [1.82, 2.24) is 15.2 Å². The molecule has 32 heavy (non-hydrogen) atoms. The van der Waals surface area contributed by atoms with Crippen LogP contribution in [0.2, 0.25) is 0 Å². The number of carbonyl (C=O) groups is 2. The zero-order valence-corrected chi connectivity index (χ0v) is 18.0. The molecule has 2 aliphatic rings. The maximum atomic E-state index is 15.1. The first-order valence-electron chi connectivity index (χ1n) is 10.6. The highest BCUT2D eigenvalue weighted by Gasteiger charge is 2.25. The predicted molar refractivity (Wildman–Crippen MR) is 118 cm³/mol. The van der Waals surface area contributed by atoms with Crippen molar-refractivity contribution in [2.75, 3.05) is 20.1 Å². The molecule has 8 heteroatoms. The molecule has 0 saturated heterocycles. The Morgan fingerprint density at radius 3 is 2.69 bits per heavy atom. The summed E-state index contributed by atoms with van der Waals surface area (Å²) in [5.74, 6) is -1.61. The SMILES string of the molecule is CCC1=Nc2ccc(CN3CC=C(c4ccc(C(=O)NC)nc4F)CC3)c(F)c2CC1=O. The number of carbonyl (C=O) groups excluding carboxylic acids is 2. The number of hydrogen-bond acceptors (Lipinski definition) is 5. The van der Waals surface area contributed by atoms with Gasteiger partial charge in [0.15, 0.2) is 5.78 Å². The Morgan fingerprint density at radius 1 is 1.22 bits per heavy atom. The van der Waals surface area contributed by atoms with E-state index in [9.17, 15) is 14.0 Å². The Labute approximate surface area is 185 Å². The highest BCUT2D eigenvalue weighted by atomic mass is 19.1. The first-order valence-corrected chi connectivity index (χ1v) is 10.6. The predicted octanol–water partition coefficient (Wildman–Crippen LogP) is 3.62. The van der Waals surface area contributed by atoms with E-state index in [0.717, 1.165) is 5.57 Å². The minimum absolute atomic E-state index is 0.0311. The normalized spacial score (nSPS) is 16.3. The number of ketones is 1. The van der Waals surface area contributed by atoms with Crippen LogP contribution in [0.4, 0.5) is 14.5 Å². The fourth-order valence-electron chi connectivity index (χ4n) is 4.07. The summed E-state index contributed by atoms with van der Waals surface area (Å²) in [6.07, 6.45) is 3.06. The first-order chi connectivity index (χ1) is 15.4. The second-order valence-corrected chi connectivity index (χ2v) is 7.88. The molecule has 1 amide bonds. The molecular formula is C24H24F2N4O2. The van der Waals surface area contributed by atoms with Crippen molar-refractivity contribution in [3.05, 3.63) is 64.5 Å². The average molecular weight is 438 g/mol. The van der Waals surface area contributed by atoms with Gasteiger partial charge in [0.1, 0.15) is 11.5 Å². The molecule has 1 aromatic carbocycles. The van der Waals surface area contributed by atoms with Gasteiger partial charge in [0.2, 0.25) is 5.95 Å². The second kappa shape index (κ2) is 9.08. The van der Waals surface area contributed by atoms with E-state index < -0.39 is 11.9 Å². The quantitative estimate of drug-likeness (QED) is 0.724. The van der Waals surface area contributed by atoms with Gasteiger partial charge in [0, 0.05) is 49.8 Å². The molecule has 1 aromatic heterocycles. The lowest BCUT2D eigenvalue weighted by molar-refractivity contribution is -0.112. The molecular weight excluding hydrogens is 414 g/mol. The summed E-state index contributed by atoms with van der Waals surface area (Å²) >= 11 is 0. The van der Waals surface area contributed by atoms with E-state index in [1.165, 1.54) is 13.1 Å². The van der Waals surface area contributed by atoms with Gasteiger partial charge < -0.3 is 5.32 Å². The monoisotopic (exact) mass is 438 g/mol. The van der Waals surface area contributed by atoms with Gasteiger partial charge in [0.25, 0.3) is 5.91 Å². The largest absolute Gasteiger partial charge is 0.354 e. The van der Waals surface area contributed by atoms with Gasteiger partial charge in [-0.1, -0.05) is 19.1 Å². The van der Waals surface area contributed by atoms with Crippen LogP contribution in [-0.4, -0.2) is 47.4 Å². The molecule has 0 fully saturated rings. The molecule has 166 valence electrons. The lowest BCUT2D eigenvalue weighted by atomic mass is 9.96. The summed E-state index contributed by atoms with van der Waals surface area (Å²) in [5, 5.41) is 2.42. The highest BCUT2D eigenvalue weighted by Crippen LogP contribution is 2.31. The van der Waals surface area contributed by atoms with Crippen LogP contribution in [0.15, 0.2) is 35.3 Å². The van der Waals surface area contributed by atoms with Gasteiger partial charge >= 0.3 is 0 Å². The summed E-state index contributed by atoms with van der Waals surface area (Å²) in [6, 6.07) is 6.57. The molecule has 2 aliphatic heterocycles. The van der Waals surface area contributed by atoms with Crippen LogP contribution in [0.25, 0.3) is 5.57 Å². The van der Waals surface area contributed by atoms with Gasteiger partial charge in [-0.2, -0.15) is 4.39 Å². The van der Waals surface area contributed by atoms with Crippen LogP contribution in [0.3, 0.4) is 0 Å². The van der Waals surface area contributed by atoms with E-state index in [2.05, 4.69) is 20.2 Å². The van der Waals surface area contributed by atoms with Gasteiger partial charge in [-0.3, -0.25) is 14.5 Å². The molecule has 2 aromatic rings. The molecule has 4 rings (SSSR count). The van der Waals surface area contributed by atoms with Gasteiger partial charge in [0.05, 0.1) is 11.4 Å². The van der Waals surface area contributed by atoms with Crippen molar-refractivity contribution in [2.24, 2.45) is 4.99 Å². The van der Waals surface area contributed by atoms with E-state index in [1.54, 1.807) is 18.2 Å². The van der Waals surface area contributed by atoms with E-state index in [1.807, 2.05) is 13.0 Å². The molecule has 0 aliphatic carbocycles. The molecule has 6 nitrogen and oxygen atoms in total. The van der Waals surface area contributed by atoms with Gasteiger partial charge in [-0.05, 0) is 36.6 Å². The number of nitrogens with one attached hydrogen (secondary N) is 1. The van der Waals surface area contributed by atoms with E-state index in [4.69, 9.17) is 0 Å². The number of rotatable bonds is 5. The number of aromatic nitrogens is 1. The Kier molecular flexibility index (Phi) is 6.23. The molecule has 0 spiro atoms. The lowest BCUT2D eigenvalue weighted by Crippen LogP contribution is -2.29. The van der Waals surface area contributed by atoms with E-state index in [0.29, 0.717) is 60.6 Å². The third kappa shape index (κ3) is 4.23. The number of aliphatic imine (C=N–C) groups is 1. The van der Waals surface area contributed by atoms with Crippen LogP contribution in [0, 0.1) is 11.8 Å². The standard InChI is InChI=1S/C24H24F2N4O2/c1-3-18-21(31)12-17-19(28-18)6-4-15(22(17)25)13-30-10-8-14(9-11-30)16-5-7-20(24(32)27-2)29-23(16)26/h4-8H,3,9-13H2,1-2H3,(H,27,32). The fourth-order valence-corrected chi connectivity index (χ4v) is 4.07. The van der Waals surface area contributed by atoms with Crippen molar-refractivity contribution in [3.63, 3.8) is 0 Å². The smallest absolute Gasteiger partial charge is 0.269 e. The highest BCUT2D eigenvalue weighted by molar-refractivity contribution is 6.41. The van der Waals surface area contributed by atoms with Crippen LogP contribution in [-0.2, 0) is 17.8 Å². The number of hydrogen-bond donors (Lipinski definition) is 1. The van der Waals surface area contributed by atoms with Crippen molar-refractivity contribution < 1.29 is 18.4 Å². The first kappa shape index (κ1) is 22.0. The van der Waals surface area contributed by atoms with Crippen molar-refractivity contribution >= 4 is 28.7 Å². The molecule has 0 unspecified atom stereocenters. The number of nitrogens with zero attached hydrogens (tertiary/aromatic N) is 3. The molecule has 3 heterocycles. The van der Waals surface area contributed by atoms with E-state index in [-0.39, 0.29) is 23.7 Å².